The highest BCUT2D eigenvalue weighted by Gasteiger charge is 1.96. The Balaban J connectivity index is 0.000000371. The maximum absolute atomic E-state index is 2.25. The van der Waals surface area contributed by atoms with E-state index in [9.17, 15) is 0 Å². The summed E-state index contributed by atoms with van der Waals surface area (Å²) >= 11 is 1.86. The van der Waals surface area contributed by atoms with Gasteiger partial charge in [-0.25, -0.2) is 0 Å². The Morgan fingerprint density at radius 2 is 1.50 bits per heavy atom. The maximum Gasteiger partial charge on any atom is -0.0147 e. The van der Waals surface area contributed by atoms with Gasteiger partial charge in [-0.1, -0.05) is 26.0 Å². The fourth-order valence-electron chi connectivity index (χ4n) is 0.728. The zero-order valence-electron chi connectivity index (χ0n) is 7.27. The number of allylic oxidation sites excluding steroid dienone is 4. The van der Waals surface area contributed by atoms with Gasteiger partial charge in [-0.2, -0.15) is 0 Å². The minimum Gasteiger partial charge on any atom is -0.100 e. The van der Waals surface area contributed by atoms with E-state index in [4.69, 9.17) is 0 Å². The van der Waals surface area contributed by atoms with Gasteiger partial charge in [-0.05, 0) is 30.1 Å². The summed E-state index contributed by atoms with van der Waals surface area (Å²) < 4.78 is 0. The summed E-state index contributed by atoms with van der Waals surface area (Å²) in [7, 11) is 0. The first kappa shape index (κ1) is 9.83. The summed E-state index contributed by atoms with van der Waals surface area (Å²) in [6, 6.07) is 0. The predicted octanol–water partition coefficient (Wildman–Crippen LogP) is 3.96. The highest BCUT2D eigenvalue weighted by Crippen LogP contribution is 2.28. The van der Waals surface area contributed by atoms with Gasteiger partial charge in [0.05, 0.1) is 0 Å². The molecule has 0 nitrogen and oxygen atoms in total. The lowest BCUT2D eigenvalue weighted by atomic mass is 10.3. The predicted molar refractivity (Wildman–Crippen MR) is 51.1 cm³/mol. The van der Waals surface area contributed by atoms with Gasteiger partial charge in [0.1, 0.15) is 0 Å². The lowest BCUT2D eigenvalue weighted by Crippen LogP contribution is -1.77. The summed E-state index contributed by atoms with van der Waals surface area (Å²) in [6.45, 7) is 8.31. The van der Waals surface area contributed by atoms with E-state index >= 15 is 0 Å². The van der Waals surface area contributed by atoms with Crippen LogP contribution in [-0.4, -0.2) is 0 Å². The van der Waals surface area contributed by atoms with Crippen LogP contribution < -0.4 is 0 Å². The van der Waals surface area contributed by atoms with Crippen LogP contribution in [0.15, 0.2) is 22.0 Å². The Hall–Kier alpha value is -0.170. The van der Waals surface area contributed by atoms with Gasteiger partial charge in [-0.15, -0.1) is 11.8 Å². The summed E-state index contributed by atoms with van der Waals surface area (Å²) in [5.74, 6) is 0. The summed E-state index contributed by atoms with van der Waals surface area (Å²) in [4.78, 5) is 2.87. The van der Waals surface area contributed by atoms with Crippen molar-refractivity contribution >= 4 is 11.8 Å². The second-order valence-corrected chi connectivity index (χ2v) is 3.46. The molecule has 1 heterocycles. The molecule has 0 saturated carbocycles. The summed E-state index contributed by atoms with van der Waals surface area (Å²) in [5.41, 5.74) is 0. The highest BCUT2D eigenvalue weighted by molar-refractivity contribution is 8.06. The van der Waals surface area contributed by atoms with Crippen LogP contribution >= 0.6 is 11.8 Å². The van der Waals surface area contributed by atoms with E-state index in [1.165, 1.54) is 9.81 Å². The average molecular weight is 156 g/mol. The van der Waals surface area contributed by atoms with Crippen molar-refractivity contribution in [2.75, 3.05) is 0 Å². The first-order valence-corrected chi connectivity index (χ1v) is 4.62. The number of hydrogen-bond donors (Lipinski definition) is 0. The van der Waals surface area contributed by atoms with Gasteiger partial charge in [0, 0.05) is 0 Å². The smallest absolute Gasteiger partial charge is 0.0147 e. The quantitative estimate of drug-likeness (QED) is 0.511. The number of hydrogen-bond acceptors (Lipinski definition) is 1. The molecule has 0 amide bonds. The Morgan fingerprint density at radius 3 is 1.70 bits per heavy atom. The van der Waals surface area contributed by atoms with Crippen molar-refractivity contribution in [3.8, 4) is 0 Å². The first-order chi connectivity index (χ1) is 4.79. The van der Waals surface area contributed by atoms with Crippen LogP contribution in [0, 0.1) is 0 Å². The van der Waals surface area contributed by atoms with Gasteiger partial charge in [-0.3, -0.25) is 0 Å². The Kier molecular flexibility index (Phi) is 5.51. The zero-order chi connectivity index (χ0) is 7.98. The minimum absolute atomic E-state index is 1.13. The normalized spacial score (nSPS) is 16.4. The second-order valence-electron chi connectivity index (χ2n) is 1.97. The second kappa shape index (κ2) is 5.60. The number of thioether (sulfide) groups is 1. The van der Waals surface area contributed by atoms with Crippen LogP contribution in [0.4, 0.5) is 0 Å². The Morgan fingerprint density at radius 1 is 1.10 bits per heavy atom. The molecule has 1 aliphatic heterocycles. The van der Waals surface area contributed by atoms with Crippen LogP contribution in [0.2, 0.25) is 0 Å². The first-order valence-electron chi connectivity index (χ1n) is 3.80. The Labute approximate surface area is 68.4 Å². The van der Waals surface area contributed by atoms with Crippen LogP contribution in [0.1, 0.15) is 34.1 Å². The minimum atomic E-state index is 1.13. The molecule has 0 aromatic rings. The van der Waals surface area contributed by atoms with E-state index in [0.717, 1.165) is 6.42 Å². The molecule has 0 N–H and O–H groups in total. The third-order valence-corrected chi connectivity index (χ3v) is 2.11. The van der Waals surface area contributed by atoms with Crippen molar-refractivity contribution in [1.29, 1.82) is 0 Å². The van der Waals surface area contributed by atoms with Crippen LogP contribution in [-0.2, 0) is 0 Å². The molecule has 58 valence electrons. The molecule has 0 aliphatic carbocycles. The molecule has 0 spiro atoms. The van der Waals surface area contributed by atoms with Crippen LogP contribution in [0.25, 0.3) is 0 Å². The molecule has 0 aromatic heterocycles. The molecule has 1 aliphatic rings. The van der Waals surface area contributed by atoms with E-state index in [0.29, 0.717) is 0 Å². The fourth-order valence-corrected chi connectivity index (χ4v) is 1.60. The van der Waals surface area contributed by atoms with Gasteiger partial charge in [0.25, 0.3) is 0 Å². The molecule has 1 rings (SSSR count). The molecule has 10 heavy (non-hydrogen) atoms. The van der Waals surface area contributed by atoms with Crippen molar-refractivity contribution in [2.24, 2.45) is 0 Å². The molecule has 0 saturated heterocycles. The van der Waals surface area contributed by atoms with Gasteiger partial charge in [0.15, 0.2) is 0 Å². The third-order valence-electron chi connectivity index (χ3n) is 1.13. The summed E-state index contributed by atoms with van der Waals surface area (Å²) in [5, 5.41) is 0. The number of rotatable bonds is 0. The lowest BCUT2D eigenvalue weighted by Gasteiger charge is -2.05. The molecule has 0 atom stereocenters. The monoisotopic (exact) mass is 156 g/mol. The molecule has 0 fully saturated rings. The van der Waals surface area contributed by atoms with Gasteiger partial charge < -0.3 is 0 Å². The third kappa shape index (κ3) is 3.78. The van der Waals surface area contributed by atoms with E-state index in [-0.39, 0.29) is 0 Å². The largest absolute Gasteiger partial charge is 0.100 e. The molecule has 0 unspecified atom stereocenters. The van der Waals surface area contributed by atoms with E-state index in [2.05, 4.69) is 26.0 Å². The van der Waals surface area contributed by atoms with E-state index in [1.54, 1.807) is 0 Å². The zero-order valence-corrected chi connectivity index (χ0v) is 8.09. The lowest BCUT2D eigenvalue weighted by molar-refractivity contribution is 1.33. The van der Waals surface area contributed by atoms with Crippen LogP contribution in [0.3, 0.4) is 0 Å². The topological polar surface area (TPSA) is 0 Å². The molecular formula is C9H16S. The van der Waals surface area contributed by atoms with Crippen molar-refractivity contribution in [3.05, 3.63) is 22.0 Å². The fraction of sp³-hybridized carbons (Fsp3) is 0.556. The molecule has 0 aromatic carbocycles. The van der Waals surface area contributed by atoms with Crippen molar-refractivity contribution in [2.45, 2.75) is 34.1 Å². The summed E-state index contributed by atoms with van der Waals surface area (Å²) in [6.07, 6.45) is 5.62. The van der Waals surface area contributed by atoms with Crippen molar-refractivity contribution in [1.82, 2.24) is 0 Å². The standard InChI is InChI=1S/C7H10S.C2H6/c1-6-4-3-5-7(2)8-6;1-2/h4-5H,3H2,1-2H3;1-2H3. The van der Waals surface area contributed by atoms with Gasteiger partial charge >= 0.3 is 0 Å². The van der Waals surface area contributed by atoms with E-state index < -0.39 is 0 Å². The van der Waals surface area contributed by atoms with Gasteiger partial charge in [0.2, 0.25) is 0 Å². The van der Waals surface area contributed by atoms with Crippen LogP contribution in [0.5, 0.6) is 0 Å². The van der Waals surface area contributed by atoms with E-state index in [1.807, 2.05) is 25.6 Å². The average Bonchev–Trinajstić information content (AvgIpc) is 1.91. The highest BCUT2D eigenvalue weighted by atomic mass is 32.2. The molecule has 0 radical (unpaired) electrons. The molecule has 1 heteroatoms. The molecular weight excluding hydrogens is 140 g/mol. The SMILES string of the molecule is CC.CC1=CCC=C(C)S1. The van der Waals surface area contributed by atoms with Crippen molar-refractivity contribution < 1.29 is 0 Å². The maximum atomic E-state index is 2.25. The van der Waals surface area contributed by atoms with Crippen molar-refractivity contribution in [3.63, 3.8) is 0 Å². The molecule has 0 bridgehead atoms. The Bertz CT molecular complexity index is 127.